The van der Waals surface area contributed by atoms with E-state index in [1.807, 2.05) is 25.1 Å². The van der Waals surface area contributed by atoms with Gasteiger partial charge in [0.25, 0.3) is 0 Å². The number of aryl methyl sites for hydroxylation is 1. The third-order valence-electron chi connectivity index (χ3n) is 3.28. The minimum absolute atomic E-state index is 0.115. The fraction of sp³-hybridized carbons (Fsp3) is 0.176. The molecular weight excluding hydrogens is 332 g/mol. The van der Waals surface area contributed by atoms with Crippen LogP contribution in [-0.2, 0) is 4.79 Å². The fourth-order valence-corrected chi connectivity index (χ4v) is 3.20. The molecule has 1 amide bonds. The highest BCUT2D eigenvalue weighted by molar-refractivity contribution is 7.22. The first-order chi connectivity index (χ1) is 11.1. The van der Waals surface area contributed by atoms with Crippen LogP contribution >= 0.6 is 22.9 Å². The number of nitrogens with one attached hydrogen (secondary N) is 1. The van der Waals surface area contributed by atoms with Crippen LogP contribution in [0.5, 0.6) is 5.75 Å². The van der Waals surface area contributed by atoms with Crippen LogP contribution in [0.15, 0.2) is 42.5 Å². The first-order valence-corrected chi connectivity index (χ1v) is 8.35. The van der Waals surface area contributed by atoms with Gasteiger partial charge in [-0.3, -0.25) is 4.79 Å². The van der Waals surface area contributed by atoms with E-state index in [2.05, 4.69) is 10.3 Å². The maximum Gasteiger partial charge on any atom is 0.229 e. The van der Waals surface area contributed by atoms with Crippen molar-refractivity contribution in [3.05, 3.63) is 53.1 Å². The van der Waals surface area contributed by atoms with Gasteiger partial charge in [0.1, 0.15) is 5.75 Å². The van der Waals surface area contributed by atoms with E-state index in [-0.39, 0.29) is 12.3 Å². The van der Waals surface area contributed by atoms with Gasteiger partial charge in [-0.05, 0) is 42.8 Å². The maximum atomic E-state index is 12.0. The molecule has 0 aliphatic carbocycles. The zero-order valence-corrected chi connectivity index (χ0v) is 14.1. The van der Waals surface area contributed by atoms with Gasteiger partial charge < -0.3 is 10.1 Å². The highest BCUT2D eigenvalue weighted by Gasteiger charge is 2.09. The second kappa shape index (κ2) is 6.98. The first kappa shape index (κ1) is 15.8. The van der Waals surface area contributed by atoms with E-state index < -0.39 is 0 Å². The number of hydrogen-bond donors (Lipinski definition) is 1. The third kappa shape index (κ3) is 4.00. The summed E-state index contributed by atoms with van der Waals surface area (Å²) in [6.45, 7) is 2.31. The summed E-state index contributed by atoms with van der Waals surface area (Å²) in [6.07, 6.45) is 0.261. The van der Waals surface area contributed by atoms with Gasteiger partial charge in [-0.2, -0.15) is 0 Å². The molecule has 2 aromatic carbocycles. The summed E-state index contributed by atoms with van der Waals surface area (Å²) in [5.74, 6) is 0.577. The van der Waals surface area contributed by atoms with E-state index >= 15 is 0 Å². The molecule has 6 heteroatoms. The molecule has 0 bridgehead atoms. The van der Waals surface area contributed by atoms with E-state index in [0.717, 1.165) is 15.8 Å². The number of para-hydroxylation sites is 1. The number of hydrogen-bond acceptors (Lipinski definition) is 4. The molecule has 0 fully saturated rings. The van der Waals surface area contributed by atoms with Gasteiger partial charge in [0.05, 0.1) is 23.2 Å². The molecule has 3 rings (SSSR count). The molecule has 0 atom stereocenters. The Kier molecular flexibility index (Phi) is 4.79. The van der Waals surface area contributed by atoms with Crippen LogP contribution < -0.4 is 10.1 Å². The Hall–Kier alpha value is -2.11. The van der Waals surface area contributed by atoms with Crippen LogP contribution in [0.1, 0.15) is 12.0 Å². The lowest BCUT2D eigenvalue weighted by Crippen LogP contribution is -2.15. The van der Waals surface area contributed by atoms with Gasteiger partial charge >= 0.3 is 0 Å². The summed E-state index contributed by atoms with van der Waals surface area (Å²) >= 11 is 7.28. The molecule has 0 saturated carbocycles. The summed E-state index contributed by atoms with van der Waals surface area (Å²) < 4.78 is 6.58. The summed E-state index contributed by atoms with van der Waals surface area (Å²) in [6, 6.07) is 13.0. The lowest BCUT2D eigenvalue weighted by Gasteiger charge is -2.05. The Labute approximate surface area is 143 Å². The van der Waals surface area contributed by atoms with Crippen molar-refractivity contribution in [1.82, 2.24) is 4.98 Å². The molecule has 0 aliphatic rings. The Balaban J connectivity index is 1.54. The summed E-state index contributed by atoms with van der Waals surface area (Å²) in [5.41, 5.74) is 2.04. The van der Waals surface area contributed by atoms with Crippen molar-refractivity contribution in [1.29, 1.82) is 0 Å². The topological polar surface area (TPSA) is 51.2 Å². The predicted molar refractivity (Wildman–Crippen MR) is 94.6 cm³/mol. The highest BCUT2D eigenvalue weighted by Crippen LogP contribution is 2.27. The number of anilines is 1. The van der Waals surface area contributed by atoms with Crippen molar-refractivity contribution in [2.24, 2.45) is 0 Å². The van der Waals surface area contributed by atoms with Crippen LogP contribution in [0.4, 0.5) is 5.13 Å². The molecule has 0 spiro atoms. The number of carbonyl (C=O) groups is 1. The molecule has 4 nitrogen and oxygen atoms in total. The predicted octanol–water partition coefficient (Wildman–Crippen LogP) is 4.67. The Morgan fingerprint density at radius 3 is 2.78 bits per heavy atom. The number of carbonyl (C=O) groups excluding carboxylic acids is 1. The number of aromatic nitrogens is 1. The second-order valence-corrected chi connectivity index (χ2v) is 6.51. The molecule has 0 saturated heterocycles. The van der Waals surface area contributed by atoms with Gasteiger partial charge in [-0.25, -0.2) is 4.98 Å². The lowest BCUT2D eigenvalue weighted by atomic mass is 10.2. The maximum absolute atomic E-state index is 12.0. The van der Waals surface area contributed by atoms with E-state index in [1.54, 1.807) is 24.3 Å². The second-order valence-electron chi connectivity index (χ2n) is 5.04. The van der Waals surface area contributed by atoms with Gasteiger partial charge in [0, 0.05) is 5.02 Å². The molecule has 23 heavy (non-hydrogen) atoms. The minimum Gasteiger partial charge on any atom is -0.493 e. The standard InChI is InChI=1S/C17H15ClN2O2S/c1-11-3-2-4-14-16(11)20-17(23-14)19-15(21)9-10-22-13-7-5-12(18)6-8-13/h2-8H,9-10H2,1H3,(H,19,20,21). The number of halogens is 1. The van der Waals surface area contributed by atoms with Crippen molar-refractivity contribution in [3.8, 4) is 5.75 Å². The van der Waals surface area contributed by atoms with Gasteiger partial charge in [-0.15, -0.1) is 0 Å². The summed E-state index contributed by atoms with van der Waals surface area (Å²) in [7, 11) is 0. The van der Waals surface area contributed by atoms with E-state index in [1.165, 1.54) is 11.3 Å². The third-order valence-corrected chi connectivity index (χ3v) is 4.47. The molecule has 0 aliphatic heterocycles. The first-order valence-electron chi connectivity index (χ1n) is 7.16. The van der Waals surface area contributed by atoms with Crippen LogP contribution in [0.25, 0.3) is 10.2 Å². The molecule has 1 aromatic heterocycles. The summed E-state index contributed by atoms with van der Waals surface area (Å²) in [5, 5.41) is 4.09. The number of benzene rings is 2. The Bertz CT molecular complexity index is 830. The normalized spacial score (nSPS) is 10.7. The monoisotopic (exact) mass is 346 g/mol. The van der Waals surface area contributed by atoms with Crippen molar-refractivity contribution < 1.29 is 9.53 Å². The largest absolute Gasteiger partial charge is 0.493 e. The summed E-state index contributed by atoms with van der Waals surface area (Å²) in [4.78, 5) is 16.4. The van der Waals surface area contributed by atoms with Crippen LogP contribution in [0.3, 0.4) is 0 Å². The SMILES string of the molecule is Cc1cccc2sc(NC(=O)CCOc3ccc(Cl)cc3)nc12. The molecule has 1 N–H and O–H groups in total. The number of rotatable bonds is 5. The number of ether oxygens (including phenoxy) is 1. The quantitative estimate of drug-likeness (QED) is 0.730. The number of nitrogens with zero attached hydrogens (tertiary/aromatic N) is 1. The highest BCUT2D eigenvalue weighted by atomic mass is 35.5. The van der Waals surface area contributed by atoms with Gasteiger partial charge in [-0.1, -0.05) is 35.1 Å². The van der Waals surface area contributed by atoms with Crippen LogP contribution in [0, 0.1) is 6.92 Å². The van der Waals surface area contributed by atoms with Gasteiger partial charge in [0.15, 0.2) is 5.13 Å². The van der Waals surface area contributed by atoms with Crippen molar-refractivity contribution in [3.63, 3.8) is 0 Å². The van der Waals surface area contributed by atoms with Crippen molar-refractivity contribution in [2.75, 3.05) is 11.9 Å². The average Bonchev–Trinajstić information content (AvgIpc) is 2.93. The number of amides is 1. The fourth-order valence-electron chi connectivity index (χ4n) is 2.11. The van der Waals surface area contributed by atoms with Gasteiger partial charge in [0.2, 0.25) is 5.91 Å². The molecule has 0 radical (unpaired) electrons. The molecule has 0 unspecified atom stereocenters. The van der Waals surface area contributed by atoms with E-state index in [9.17, 15) is 4.79 Å². The lowest BCUT2D eigenvalue weighted by molar-refractivity contribution is -0.116. The smallest absolute Gasteiger partial charge is 0.229 e. The van der Waals surface area contributed by atoms with Crippen molar-refractivity contribution >= 4 is 44.2 Å². The van der Waals surface area contributed by atoms with Crippen molar-refractivity contribution in [2.45, 2.75) is 13.3 Å². The zero-order chi connectivity index (χ0) is 16.2. The minimum atomic E-state index is -0.115. The van der Waals surface area contributed by atoms with E-state index in [4.69, 9.17) is 16.3 Å². The Morgan fingerprint density at radius 2 is 2.04 bits per heavy atom. The molecular formula is C17H15ClN2O2S. The van der Waals surface area contributed by atoms with E-state index in [0.29, 0.717) is 22.5 Å². The molecule has 1 heterocycles. The number of thiazole rings is 1. The zero-order valence-electron chi connectivity index (χ0n) is 12.5. The molecule has 118 valence electrons. The average molecular weight is 347 g/mol. The van der Waals surface area contributed by atoms with Crippen LogP contribution in [-0.4, -0.2) is 17.5 Å². The number of fused-ring (bicyclic) bond motifs is 1. The Morgan fingerprint density at radius 1 is 1.26 bits per heavy atom. The van der Waals surface area contributed by atoms with Crippen LogP contribution in [0.2, 0.25) is 5.02 Å². The molecule has 3 aromatic rings.